The van der Waals surface area contributed by atoms with Gasteiger partial charge in [-0.05, 0) is 0 Å². The number of benzene rings is 2. The molecule has 3 aromatic rings. The van der Waals surface area contributed by atoms with Gasteiger partial charge in [-0.2, -0.15) is 0 Å². The first-order valence-corrected chi connectivity index (χ1v) is 8.09. The van der Waals surface area contributed by atoms with E-state index in [1.54, 1.807) is 12.1 Å². The fraction of sp³-hybridized carbons (Fsp3) is 0.150. The quantitative estimate of drug-likeness (QED) is 0.504. The smallest absolute Gasteiger partial charge is 0.300 e. The summed E-state index contributed by atoms with van der Waals surface area (Å²) in [4.78, 5) is 30.2. The number of carboxylic acid groups (broad SMARTS) is 2. The first-order valence-electron chi connectivity index (χ1n) is 8.09. The van der Waals surface area contributed by atoms with Crippen molar-refractivity contribution in [2.24, 2.45) is 0 Å². The third kappa shape index (κ3) is 6.58. The van der Waals surface area contributed by atoms with Crippen LogP contribution in [0.4, 0.5) is 0 Å². The Hall–Kier alpha value is -4.01. The molecule has 9 heteroatoms. The Morgan fingerprint density at radius 2 is 1.45 bits per heavy atom. The Balaban J connectivity index is 0.000000452. The summed E-state index contributed by atoms with van der Waals surface area (Å²) in [6.07, 6.45) is 0. The minimum absolute atomic E-state index is 0.0117. The van der Waals surface area contributed by atoms with Crippen LogP contribution in [0.2, 0.25) is 0 Å². The highest BCUT2D eigenvalue weighted by molar-refractivity contribution is 5.91. The average Bonchev–Trinajstić information content (AvgIpc) is 2.61. The van der Waals surface area contributed by atoms with E-state index in [1.165, 1.54) is 13.2 Å². The van der Waals surface area contributed by atoms with Gasteiger partial charge in [0.2, 0.25) is 5.75 Å². The molecule has 0 atom stereocenters. The Bertz CT molecular complexity index is 1030. The molecule has 0 saturated carbocycles. The normalized spacial score (nSPS) is 9.48. The molecule has 0 spiro atoms. The lowest BCUT2D eigenvalue weighted by Gasteiger charge is -2.09. The standard InChI is InChI=1S/C16H12O5.2C2H4O2/c1-20-15-12(19)7-10(17)14-11(18)8-13(21-16(14)15)9-5-3-2-4-6-9;2*1-2(3)4/h2-8,17,19H,1H3;2*1H3,(H,3,4). The van der Waals surface area contributed by atoms with E-state index in [4.69, 9.17) is 29.0 Å². The SMILES string of the molecule is CC(=O)O.CC(=O)O.COc1c(O)cc(O)c2c(=O)cc(-c3ccccc3)oc12. The number of carbonyl (C=O) groups is 2. The fourth-order valence-corrected chi connectivity index (χ4v) is 2.22. The number of phenolic OH excluding ortho intramolecular Hbond substituents is 2. The van der Waals surface area contributed by atoms with E-state index in [-0.39, 0.29) is 28.2 Å². The van der Waals surface area contributed by atoms with Crippen LogP contribution in [0.5, 0.6) is 17.2 Å². The summed E-state index contributed by atoms with van der Waals surface area (Å²) < 4.78 is 10.7. The molecule has 29 heavy (non-hydrogen) atoms. The van der Waals surface area contributed by atoms with Gasteiger partial charge in [0.05, 0.1) is 7.11 Å². The maximum atomic E-state index is 12.2. The van der Waals surface area contributed by atoms with Gasteiger partial charge >= 0.3 is 0 Å². The molecule has 0 bridgehead atoms. The number of ether oxygens (including phenoxy) is 1. The minimum Gasteiger partial charge on any atom is -0.507 e. The molecule has 154 valence electrons. The monoisotopic (exact) mass is 404 g/mol. The van der Waals surface area contributed by atoms with Crippen molar-refractivity contribution < 1.29 is 39.2 Å². The Morgan fingerprint density at radius 3 is 1.93 bits per heavy atom. The molecule has 0 fully saturated rings. The van der Waals surface area contributed by atoms with Crippen LogP contribution >= 0.6 is 0 Å². The lowest BCUT2D eigenvalue weighted by molar-refractivity contribution is -0.135. The van der Waals surface area contributed by atoms with Crippen LogP contribution in [-0.4, -0.2) is 39.5 Å². The summed E-state index contributed by atoms with van der Waals surface area (Å²) >= 11 is 0. The van der Waals surface area contributed by atoms with Gasteiger partial charge in [-0.1, -0.05) is 30.3 Å². The molecule has 2 aromatic carbocycles. The van der Waals surface area contributed by atoms with E-state index in [0.717, 1.165) is 19.9 Å². The molecule has 0 amide bonds. The second-order valence-corrected chi connectivity index (χ2v) is 5.53. The number of fused-ring (bicyclic) bond motifs is 1. The van der Waals surface area contributed by atoms with Gasteiger partial charge < -0.3 is 29.6 Å². The predicted octanol–water partition coefficient (Wildman–Crippen LogP) is 3.06. The van der Waals surface area contributed by atoms with Crippen LogP contribution in [0.15, 0.2) is 51.7 Å². The topological polar surface area (TPSA) is 154 Å². The Morgan fingerprint density at radius 1 is 0.931 bits per heavy atom. The summed E-state index contributed by atoms with van der Waals surface area (Å²) in [5.74, 6) is -1.97. The van der Waals surface area contributed by atoms with Crippen molar-refractivity contribution in [3.8, 4) is 28.6 Å². The molecule has 0 radical (unpaired) electrons. The van der Waals surface area contributed by atoms with E-state index in [9.17, 15) is 15.0 Å². The lowest BCUT2D eigenvalue weighted by atomic mass is 10.1. The van der Waals surface area contributed by atoms with Gasteiger partial charge in [-0.15, -0.1) is 0 Å². The first-order chi connectivity index (χ1) is 13.6. The van der Waals surface area contributed by atoms with Gasteiger partial charge in [-0.25, -0.2) is 0 Å². The van der Waals surface area contributed by atoms with Crippen molar-refractivity contribution in [1.29, 1.82) is 0 Å². The van der Waals surface area contributed by atoms with Crippen molar-refractivity contribution in [3.63, 3.8) is 0 Å². The Kier molecular flexibility index (Phi) is 8.22. The van der Waals surface area contributed by atoms with Crippen LogP contribution in [0.25, 0.3) is 22.3 Å². The van der Waals surface area contributed by atoms with E-state index in [2.05, 4.69) is 0 Å². The third-order valence-corrected chi connectivity index (χ3v) is 3.18. The van der Waals surface area contributed by atoms with Crippen molar-refractivity contribution in [3.05, 3.63) is 52.7 Å². The maximum Gasteiger partial charge on any atom is 0.300 e. The van der Waals surface area contributed by atoms with Crippen molar-refractivity contribution in [2.75, 3.05) is 7.11 Å². The number of aliphatic carboxylic acids is 2. The molecular weight excluding hydrogens is 384 g/mol. The van der Waals surface area contributed by atoms with E-state index in [0.29, 0.717) is 11.3 Å². The summed E-state index contributed by atoms with van der Waals surface area (Å²) in [5.41, 5.74) is 0.314. The number of aromatic hydroxyl groups is 2. The second-order valence-electron chi connectivity index (χ2n) is 5.53. The van der Waals surface area contributed by atoms with E-state index < -0.39 is 17.4 Å². The maximum absolute atomic E-state index is 12.2. The molecule has 1 heterocycles. The molecule has 9 nitrogen and oxygen atoms in total. The number of methoxy groups -OCH3 is 1. The molecule has 4 N–H and O–H groups in total. The van der Waals surface area contributed by atoms with Gasteiger partial charge in [0, 0.05) is 31.5 Å². The minimum atomic E-state index is -0.833. The molecule has 1 aromatic heterocycles. The van der Waals surface area contributed by atoms with Gasteiger partial charge in [0.15, 0.2) is 16.8 Å². The number of rotatable bonds is 2. The van der Waals surface area contributed by atoms with Crippen LogP contribution in [0.1, 0.15) is 13.8 Å². The van der Waals surface area contributed by atoms with Crippen molar-refractivity contribution in [2.45, 2.75) is 13.8 Å². The third-order valence-electron chi connectivity index (χ3n) is 3.18. The molecule has 0 saturated heterocycles. The number of carboxylic acids is 2. The first kappa shape index (κ1) is 23.0. The molecule has 0 aliphatic heterocycles. The second kappa shape index (κ2) is 10.4. The van der Waals surface area contributed by atoms with Gasteiger partial charge in [-0.3, -0.25) is 14.4 Å². The van der Waals surface area contributed by atoms with Gasteiger partial charge in [0.25, 0.3) is 11.9 Å². The summed E-state index contributed by atoms with van der Waals surface area (Å²) in [6.45, 7) is 2.17. The molecular formula is C20H20O9. The summed E-state index contributed by atoms with van der Waals surface area (Å²) in [5, 5.41) is 34.4. The van der Waals surface area contributed by atoms with Crippen LogP contribution in [-0.2, 0) is 9.59 Å². The zero-order valence-electron chi connectivity index (χ0n) is 15.9. The van der Waals surface area contributed by atoms with Crippen LogP contribution in [0, 0.1) is 0 Å². The van der Waals surface area contributed by atoms with Crippen LogP contribution in [0.3, 0.4) is 0 Å². The molecule has 0 aliphatic carbocycles. The van der Waals surface area contributed by atoms with E-state index >= 15 is 0 Å². The fourth-order valence-electron chi connectivity index (χ4n) is 2.22. The van der Waals surface area contributed by atoms with Crippen LogP contribution < -0.4 is 10.2 Å². The largest absolute Gasteiger partial charge is 0.507 e. The lowest BCUT2D eigenvalue weighted by Crippen LogP contribution is -2.02. The zero-order valence-corrected chi connectivity index (χ0v) is 15.9. The zero-order chi connectivity index (χ0) is 22.1. The number of hydrogen-bond acceptors (Lipinski definition) is 7. The average molecular weight is 404 g/mol. The van der Waals surface area contributed by atoms with Crippen molar-refractivity contribution in [1.82, 2.24) is 0 Å². The number of hydrogen-bond donors (Lipinski definition) is 4. The van der Waals surface area contributed by atoms with Gasteiger partial charge in [0.1, 0.15) is 16.9 Å². The predicted molar refractivity (Wildman–Crippen MR) is 104 cm³/mol. The highest BCUT2D eigenvalue weighted by atomic mass is 16.5. The molecule has 0 unspecified atom stereocenters. The molecule has 3 rings (SSSR count). The highest BCUT2D eigenvalue weighted by Crippen LogP contribution is 2.40. The summed E-state index contributed by atoms with van der Waals surface area (Å²) in [6, 6.07) is 11.4. The van der Waals surface area contributed by atoms with Crippen molar-refractivity contribution >= 4 is 22.9 Å². The summed E-state index contributed by atoms with van der Waals surface area (Å²) in [7, 11) is 1.35. The number of phenols is 2. The highest BCUT2D eigenvalue weighted by Gasteiger charge is 2.18. The Labute approximate surface area is 165 Å². The van der Waals surface area contributed by atoms with E-state index in [1.807, 2.05) is 18.2 Å². The molecule has 0 aliphatic rings.